The molecule has 118 valence electrons. The normalized spacial score (nSPS) is 17.0. The molecule has 3 N–H and O–H groups in total. The molecule has 1 aliphatic heterocycles. The Kier molecular flexibility index (Phi) is 6.19. The lowest BCUT2D eigenvalue weighted by Gasteiger charge is -2.29. The fourth-order valence-electron chi connectivity index (χ4n) is 2.30. The van der Waals surface area contributed by atoms with E-state index in [0.717, 1.165) is 43.1 Å². The summed E-state index contributed by atoms with van der Waals surface area (Å²) in [5.41, 5.74) is 8.71. The van der Waals surface area contributed by atoms with Crippen molar-refractivity contribution < 1.29 is 4.74 Å². The van der Waals surface area contributed by atoms with Crippen LogP contribution in [0.5, 0.6) is 0 Å². The fraction of sp³-hybridized carbons (Fsp3) is 0.500. The molecule has 0 radical (unpaired) electrons. The van der Waals surface area contributed by atoms with E-state index in [4.69, 9.17) is 15.7 Å². The molecular weight excluding hydrogens is 278 g/mol. The van der Waals surface area contributed by atoms with Crippen LogP contribution in [0.3, 0.4) is 0 Å². The molecule has 6 heteroatoms. The highest BCUT2D eigenvalue weighted by Crippen LogP contribution is 2.22. The van der Waals surface area contributed by atoms with Crippen LogP contribution in [-0.2, 0) is 4.74 Å². The molecular formula is C16H23N5O. The maximum atomic E-state index is 9.06. The van der Waals surface area contributed by atoms with Gasteiger partial charge in [0.1, 0.15) is 0 Å². The lowest BCUT2D eigenvalue weighted by Crippen LogP contribution is -2.36. The number of pyridine rings is 1. The van der Waals surface area contributed by atoms with Gasteiger partial charge < -0.3 is 20.7 Å². The van der Waals surface area contributed by atoms with Gasteiger partial charge in [0.2, 0.25) is 0 Å². The average Bonchev–Trinajstić information content (AvgIpc) is 2.59. The minimum Gasteiger partial charge on any atom is -0.383 e. The van der Waals surface area contributed by atoms with Gasteiger partial charge in [-0.05, 0) is 30.3 Å². The second kappa shape index (κ2) is 8.37. The van der Waals surface area contributed by atoms with Gasteiger partial charge in [-0.3, -0.25) is 4.98 Å². The predicted octanol–water partition coefficient (Wildman–Crippen LogP) is 1.33. The third-order valence-corrected chi connectivity index (χ3v) is 3.67. The number of rotatable bonds is 6. The molecule has 1 unspecified atom stereocenters. The molecule has 0 spiro atoms. The topological polar surface area (TPSA) is 87.2 Å². The number of nitrogens with zero attached hydrogens (tertiary/aromatic N) is 3. The lowest BCUT2D eigenvalue weighted by atomic mass is 10.1. The molecule has 0 amide bonds. The van der Waals surface area contributed by atoms with E-state index in [1.54, 1.807) is 0 Å². The summed E-state index contributed by atoms with van der Waals surface area (Å²) in [5.74, 6) is 0. The number of ether oxygens (including phenoxy) is 1. The largest absolute Gasteiger partial charge is 0.383 e. The van der Waals surface area contributed by atoms with Gasteiger partial charge in [-0.2, -0.15) is 5.26 Å². The van der Waals surface area contributed by atoms with Crippen LogP contribution < -0.4 is 16.0 Å². The molecule has 0 bridgehead atoms. The van der Waals surface area contributed by atoms with Crippen molar-refractivity contribution in [3.8, 4) is 6.07 Å². The number of morpholine rings is 1. The molecule has 1 fully saturated rings. The maximum Gasteiger partial charge on any atom is 0.0654 e. The van der Waals surface area contributed by atoms with Crippen molar-refractivity contribution in [1.82, 2.24) is 10.3 Å². The summed E-state index contributed by atoms with van der Waals surface area (Å²) in [6.45, 7) is 5.67. The summed E-state index contributed by atoms with van der Waals surface area (Å²) >= 11 is 0. The second-order valence-corrected chi connectivity index (χ2v) is 5.35. The minimum absolute atomic E-state index is 0.0833. The summed E-state index contributed by atoms with van der Waals surface area (Å²) < 4.78 is 5.38. The highest BCUT2D eigenvalue weighted by molar-refractivity contribution is 5.47. The molecule has 2 rings (SSSR count). The molecule has 0 saturated carbocycles. The van der Waals surface area contributed by atoms with Crippen molar-refractivity contribution >= 4 is 5.69 Å². The molecule has 22 heavy (non-hydrogen) atoms. The Hall–Kier alpha value is -2.10. The highest BCUT2D eigenvalue weighted by atomic mass is 16.5. The zero-order chi connectivity index (χ0) is 15.8. The van der Waals surface area contributed by atoms with E-state index >= 15 is 0 Å². The van der Waals surface area contributed by atoms with Gasteiger partial charge in [0, 0.05) is 25.8 Å². The van der Waals surface area contributed by atoms with Crippen molar-refractivity contribution in [3.63, 3.8) is 0 Å². The molecule has 1 aromatic rings. The Morgan fingerprint density at radius 2 is 2.32 bits per heavy atom. The SMILES string of the molecule is C/C(=C/NC(CC#N)c1cncc(N2CCOCC2)c1)CN. The van der Waals surface area contributed by atoms with Crippen LogP contribution in [-0.4, -0.2) is 37.8 Å². The highest BCUT2D eigenvalue weighted by Gasteiger charge is 2.15. The first kappa shape index (κ1) is 16.3. The van der Waals surface area contributed by atoms with Gasteiger partial charge in [-0.15, -0.1) is 0 Å². The number of nitrogens with two attached hydrogens (primary N) is 1. The van der Waals surface area contributed by atoms with E-state index in [1.165, 1.54) is 0 Å². The van der Waals surface area contributed by atoms with Crippen molar-refractivity contribution in [2.75, 3.05) is 37.7 Å². The first-order chi connectivity index (χ1) is 10.7. The average molecular weight is 301 g/mol. The Morgan fingerprint density at radius 1 is 1.55 bits per heavy atom. The van der Waals surface area contributed by atoms with Gasteiger partial charge in [0.25, 0.3) is 0 Å². The molecule has 2 heterocycles. The molecule has 1 saturated heterocycles. The third kappa shape index (κ3) is 4.45. The van der Waals surface area contributed by atoms with Gasteiger partial charge in [0.05, 0.1) is 43.6 Å². The van der Waals surface area contributed by atoms with Crippen molar-refractivity contribution in [2.45, 2.75) is 19.4 Å². The predicted molar refractivity (Wildman–Crippen MR) is 86.2 cm³/mol. The number of hydrogen-bond acceptors (Lipinski definition) is 6. The Balaban J connectivity index is 2.15. The fourth-order valence-corrected chi connectivity index (χ4v) is 2.30. The van der Waals surface area contributed by atoms with E-state index in [9.17, 15) is 0 Å². The summed E-state index contributed by atoms with van der Waals surface area (Å²) in [6, 6.07) is 4.24. The van der Waals surface area contributed by atoms with Crippen LogP contribution >= 0.6 is 0 Å². The third-order valence-electron chi connectivity index (χ3n) is 3.67. The quantitative estimate of drug-likeness (QED) is 0.824. The molecule has 6 nitrogen and oxygen atoms in total. The van der Waals surface area contributed by atoms with E-state index < -0.39 is 0 Å². The Labute approximate surface area is 131 Å². The van der Waals surface area contributed by atoms with Gasteiger partial charge >= 0.3 is 0 Å². The monoisotopic (exact) mass is 301 g/mol. The van der Waals surface area contributed by atoms with Crippen LogP contribution in [0.2, 0.25) is 0 Å². The summed E-state index contributed by atoms with van der Waals surface area (Å²) in [6.07, 6.45) is 5.93. The van der Waals surface area contributed by atoms with Crippen LogP contribution in [0, 0.1) is 11.3 Å². The van der Waals surface area contributed by atoms with Crippen LogP contribution in [0.25, 0.3) is 0 Å². The van der Waals surface area contributed by atoms with E-state index in [2.05, 4.69) is 27.3 Å². The summed E-state index contributed by atoms with van der Waals surface area (Å²) in [7, 11) is 0. The maximum absolute atomic E-state index is 9.06. The molecule has 1 aliphatic rings. The minimum atomic E-state index is -0.0833. The molecule has 0 aromatic carbocycles. The first-order valence-electron chi connectivity index (χ1n) is 7.51. The molecule has 1 atom stereocenters. The number of anilines is 1. The van der Waals surface area contributed by atoms with Crippen LogP contribution in [0.4, 0.5) is 5.69 Å². The Bertz CT molecular complexity index is 546. The van der Waals surface area contributed by atoms with Gasteiger partial charge in [-0.25, -0.2) is 0 Å². The lowest BCUT2D eigenvalue weighted by molar-refractivity contribution is 0.122. The van der Waals surface area contributed by atoms with Crippen molar-refractivity contribution in [1.29, 1.82) is 5.26 Å². The summed E-state index contributed by atoms with van der Waals surface area (Å²) in [4.78, 5) is 6.59. The molecule has 0 aliphatic carbocycles. The van der Waals surface area contributed by atoms with Gasteiger partial charge in [-0.1, -0.05) is 0 Å². The standard InChI is InChI=1S/C16H23N5O/c1-13(9-18)10-20-16(2-3-17)14-8-15(12-19-11-14)21-4-6-22-7-5-21/h8,10-12,16,20H,2,4-7,9,18H2,1H3/b13-10-. The van der Waals surface area contributed by atoms with Crippen molar-refractivity contribution in [2.24, 2.45) is 5.73 Å². The number of nitrogens with one attached hydrogen (secondary N) is 1. The zero-order valence-corrected chi connectivity index (χ0v) is 13.0. The molecule has 1 aromatic heterocycles. The van der Waals surface area contributed by atoms with Gasteiger partial charge in [0.15, 0.2) is 0 Å². The van der Waals surface area contributed by atoms with Crippen LogP contribution in [0.15, 0.2) is 30.2 Å². The van der Waals surface area contributed by atoms with Crippen LogP contribution in [0.1, 0.15) is 24.9 Å². The first-order valence-corrected chi connectivity index (χ1v) is 7.51. The zero-order valence-electron chi connectivity index (χ0n) is 13.0. The number of aromatic nitrogens is 1. The Morgan fingerprint density at radius 3 is 3.00 bits per heavy atom. The van der Waals surface area contributed by atoms with E-state index in [1.807, 2.05) is 25.5 Å². The number of nitriles is 1. The van der Waals surface area contributed by atoms with E-state index in [0.29, 0.717) is 13.0 Å². The smallest absolute Gasteiger partial charge is 0.0654 e. The summed E-state index contributed by atoms with van der Waals surface area (Å²) in [5, 5.41) is 12.3. The van der Waals surface area contributed by atoms with Crippen molar-refractivity contribution in [3.05, 3.63) is 35.8 Å². The number of hydrogen-bond donors (Lipinski definition) is 2. The van der Waals surface area contributed by atoms with E-state index in [-0.39, 0.29) is 6.04 Å². The second-order valence-electron chi connectivity index (χ2n) is 5.35.